The van der Waals surface area contributed by atoms with Gasteiger partial charge in [-0.2, -0.15) is 0 Å². The number of imidazole rings is 1. The fourth-order valence-electron chi connectivity index (χ4n) is 1.32. The van der Waals surface area contributed by atoms with Crippen LogP contribution in [0, 0.1) is 13.8 Å². The maximum Gasteiger partial charge on any atom is 0.253 e. The quantitative estimate of drug-likeness (QED) is 0.567. The van der Waals surface area contributed by atoms with E-state index in [2.05, 4.69) is 43.1 Å². The highest BCUT2D eigenvalue weighted by Crippen LogP contribution is 1.97. The molecule has 1 rings (SSSR count). The Bertz CT molecular complexity index is 248. The number of hydrogen-bond donors (Lipinski definition) is 0. The lowest BCUT2D eigenvalue weighted by molar-refractivity contribution is -0.702. The smallest absolute Gasteiger partial charge is 0.235 e. The van der Waals surface area contributed by atoms with E-state index < -0.39 is 0 Å². The summed E-state index contributed by atoms with van der Waals surface area (Å²) in [5.74, 6) is 1.34. The fraction of sp³-hybridized carbons (Fsp3) is 0.667. The molecule has 1 aromatic heterocycles. The second-order valence-corrected chi connectivity index (χ2v) is 3.07. The molecule has 0 N–H and O–H groups in total. The molecule has 0 saturated carbocycles. The van der Waals surface area contributed by atoms with E-state index >= 15 is 0 Å². The third-order valence-corrected chi connectivity index (χ3v) is 2.24. The van der Waals surface area contributed by atoms with E-state index in [1.54, 1.807) is 0 Å². The van der Waals surface area contributed by atoms with E-state index in [1.807, 2.05) is 0 Å². The van der Waals surface area contributed by atoms with Gasteiger partial charge in [0.25, 0.3) is 5.82 Å². The summed E-state index contributed by atoms with van der Waals surface area (Å²) in [5, 5.41) is 0. The molecule has 0 aliphatic rings. The molecule has 0 fully saturated rings. The van der Waals surface area contributed by atoms with Gasteiger partial charge in [0.1, 0.15) is 11.9 Å². The molecule has 11 heavy (non-hydrogen) atoms. The van der Waals surface area contributed by atoms with Gasteiger partial charge < -0.3 is 0 Å². The van der Waals surface area contributed by atoms with E-state index in [0.29, 0.717) is 0 Å². The second-order valence-electron chi connectivity index (χ2n) is 3.07. The molecule has 0 amide bonds. The molecule has 1 aromatic rings. The SMILES string of the molecule is CCC[n+]1cc(C)n(C)c1C. The van der Waals surface area contributed by atoms with Crippen molar-refractivity contribution in [3.63, 3.8) is 0 Å². The molecule has 0 radical (unpaired) electrons. The van der Waals surface area contributed by atoms with Crippen molar-refractivity contribution in [2.75, 3.05) is 0 Å². The molecule has 2 nitrogen and oxygen atoms in total. The van der Waals surface area contributed by atoms with Crippen molar-refractivity contribution >= 4 is 0 Å². The first-order valence-corrected chi connectivity index (χ1v) is 4.19. The molecule has 1 heterocycles. The summed E-state index contributed by atoms with van der Waals surface area (Å²) in [6, 6.07) is 0. The van der Waals surface area contributed by atoms with Crippen LogP contribution in [0.15, 0.2) is 6.20 Å². The first-order valence-electron chi connectivity index (χ1n) is 4.19. The van der Waals surface area contributed by atoms with Crippen molar-refractivity contribution in [3.05, 3.63) is 17.7 Å². The van der Waals surface area contributed by atoms with Gasteiger partial charge in [-0.3, -0.25) is 0 Å². The van der Waals surface area contributed by atoms with Crippen LogP contribution in [0.1, 0.15) is 24.9 Å². The zero-order valence-electron chi connectivity index (χ0n) is 7.89. The molecule has 62 valence electrons. The van der Waals surface area contributed by atoms with Gasteiger partial charge >= 0.3 is 0 Å². The van der Waals surface area contributed by atoms with Crippen molar-refractivity contribution in [1.82, 2.24) is 4.57 Å². The van der Waals surface area contributed by atoms with Crippen LogP contribution in [-0.2, 0) is 13.6 Å². The van der Waals surface area contributed by atoms with E-state index in [0.717, 1.165) is 6.54 Å². The largest absolute Gasteiger partial charge is 0.253 e. The number of rotatable bonds is 2. The van der Waals surface area contributed by atoms with Crippen molar-refractivity contribution < 1.29 is 4.57 Å². The summed E-state index contributed by atoms with van der Waals surface area (Å²) >= 11 is 0. The molecule has 0 aliphatic heterocycles. The van der Waals surface area contributed by atoms with Crippen LogP contribution < -0.4 is 4.57 Å². The van der Waals surface area contributed by atoms with Gasteiger partial charge in [0.2, 0.25) is 0 Å². The zero-order chi connectivity index (χ0) is 8.43. The van der Waals surface area contributed by atoms with Gasteiger partial charge in [-0.05, 0) is 6.42 Å². The first-order chi connectivity index (χ1) is 5.16. The van der Waals surface area contributed by atoms with Crippen molar-refractivity contribution in [2.45, 2.75) is 33.7 Å². The predicted octanol–water partition coefficient (Wildman–Crippen LogP) is 1.34. The number of hydrogen-bond acceptors (Lipinski definition) is 0. The molecule has 0 bridgehead atoms. The first kappa shape index (κ1) is 8.31. The maximum atomic E-state index is 2.30. The van der Waals surface area contributed by atoms with E-state index in [4.69, 9.17) is 0 Å². The Balaban J connectivity index is 2.98. The summed E-state index contributed by atoms with van der Waals surface area (Å²) in [6.45, 7) is 7.63. The Morgan fingerprint density at radius 3 is 2.45 bits per heavy atom. The molecular formula is C9H17N2+. The van der Waals surface area contributed by atoms with Crippen LogP contribution >= 0.6 is 0 Å². The number of aryl methyl sites for hydroxylation is 2. The molecular weight excluding hydrogens is 136 g/mol. The summed E-state index contributed by atoms with van der Waals surface area (Å²) in [5.41, 5.74) is 1.33. The highest BCUT2D eigenvalue weighted by Gasteiger charge is 2.11. The topological polar surface area (TPSA) is 8.81 Å². The minimum atomic E-state index is 1.13. The molecule has 2 heteroatoms. The Kier molecular flexibility index (Phi) is 2.32. The standard InChI is InChI=1S/C9H17N2/c1-5-6-11-7-8(2)10(4)9(11)3/h7H,5-6H2,1-4H3/q+1. The van der Waals surface area contributed by atoms with E-state index in [-0.39, 0.29) is 0 Å². The summed E-state index contributed by atoms with van der Waals surface area (Å²) in [7, 11) is 2.11. The third kappa shape index (κ3) is 1.44. The van der Waals surface area contributed by atoms with Gasteiger partial charge in [0.05, 0.1) is 13.6 Å². The van der Waals surface area contributed by atoms with Crippen molar-refractivity contribution in [3.8, 4) is 0 Å². The van der Waals surface area contributed by atoms with Crippen LogP contribution in [0.5, 0.6) is 0 Å². The summed E-state index contributed by atoms with van der Waals surface area (Å²) in [4.78, 5) is 0. The lowest BCUT2D eigenvalue weighted by Crippen LogP contribution is -2.34. The number of aromatic nitrogens is 2. The van der Waals surface area contributed by atoms with E-state index in [1.165, 1.54) is 17.9 Å². The molecule has 0 saturated heterocycles. The third-order valence-electron chi connectivity index (χ3n) is 2.24. The van der Waals surface area contributed by atoms with Crippen LogP contribution in [0.2, 0.25) is 0 Å². The van der Waals surface area contributed by atoms with E-state index in [9.17, 15) is 0 Å². The highest BCUT2D eigenvalue weighted by molar-refractivity contribution is 4.93. The van der Waals surface area contributed by atoms with Crippen LogP contribution in [-0.4, -0.2) is 4.57 Å². The Morgan fingerprint density at radius 2 is 2.09 bits per heavy atom. The monoisotopic (exact) mass is 153 g/mol. The number of nitrogens with zero attached hydrogens (tertiary/aromatic N) is 2. The Morgan fingerprint density at radius 1 is 1.45 bits per heavy atom. The average Bonchev–Trinajstić information content (AvgIpc) is 2.19. The summed E-state index contributed by atoms with van der Waals surface area (Å²) in [6.07, 6.45) is 3.41. The van der Waals surface area contributed by atoms with Crippen LogP contribution in [0.3, 0.4) is 0 Å². The minimum Gasteiger partial charge on any atom is -0.235 e. The van der Waals surface area contributed by atoms with Gasteiger partial charge in [-0.1, -0.05) is 6.92 Å². The fourth-order valence-corrected chi connectivity index (χ4v) is 1.32. The predicted molar refractivity (Wildman–Crippen MR) is 45.4 cm³/mol. The Hall–Kier alpha value is -0.790. The van der Waals surface area contributed by atoms with Crippen molar-refractivity contribution in [1.29, 1.82) is 0 Å². The molecule has 0 aliphatic carbocycles. The van der Waals surface area contributed by atoms with Gasteiger partial charge in [0, 0.05) is 13.8 Å². The van der Waals surface area contributed by atoms with Gasteiger partial charge in [-0.25, -0.2) is 9.13 Å². The minimum absolute atomic E-state index is 1.13. The van der Waals surface area contributed by atoms with Gasteiger partial charge in [0.15, 0.2) is 0 Å². The average molecular weight is 153 g/mol. The second kappa shape index (κ2) is 3.07. The molecule has 0 unspecified atom stereocenters. The lowest BCUT2D eigenvalue weighted by Gasteiger charge is -1.93. The zero-order valence-corrected chi connectivity index (χ0v) is 7.89. The van der Waals surface area contributed by atoms with Crippen LogP contribution in [0.25, 0.3) is 0 Å². The van der Waals surface area contributed by atoms with Gasteiger partial charge in [-0.15, -0.1) is 0 Å². The molecule has 0 spiro atoms. The summed E-state index contributed by atoms with van der Waals surface area (Å²) < 4.78 is 4.52. The maximum absolute atomic E-state index is 2.30. The lowest BCUT2D eigenvalue weighted by atomic mass is 10.4. The Labute approximate surface area is 68.5 Å². The van der Waals surface area contributed by atoms with Crippen molar-refractivity contribution in [2.24, 2.45) is 7.05 Å². The molecule has 0 atom stereocenters. The van der Waals surface area contributed by atoms with Crippen LogP contribution in [0.4, 0.5) is 0 Å². The normalized spacial score (nSPS) is 10.5. The molecule has 0 aromatic carbocycles. The highest BCUT2D eigenvalue weighted by atomic mass is 15.1.